The number of hydrogen-bond donors (Lipinski definition) is 0. The highest BCUT2D eigenvalue weighted by molar-refractivity contribution is 8.18. The predicted molar refractivity (Wildman–Crippen MR) is 129 cm³/mol. The van der Waals surface area contributed by atoms with E-state index in [0.717, 1.165) is 17.7 Å². The minimum absolute atomic E-state index is 0.00176. The quantitative estimate of drug-likeness (QED) is 0.564. The molecule has 2 aliphatic heterocycles. The highest BCUT2D eigenvalue weighted by atomic mass is 32.2. The summed E-state index contributed by atoms with van der Waals surface area (Å²) in [5.41, 5.74) is 5.94. The molecule has 1 amide bonds. The molecular weight excluding hydrogens is 390 g/mol. The first kappa shape index (κ1) is 20.7. The molecule has 2 aliphatic rings. The third-order valence-electron chi connectivity index (χ3n) is 6.29. The smallest absolute Gasteiger partial charge is 0.266 e. The Morgan fingerprint density at radius 1 is 1.17 bits per heavy atom. The minimum Gasteiger partial charge on any atom is -0.369 e. The molecule has 2 heterocycles. The third-order valence-corrected chi connectivity index (χ3v) is 7.35. The molecule has 4 nitrogen and oxygen atoms in total. The fraction of sp³-hybridized carbons (Fsp3) is 0.360. The van der Waals surface area contributed by atoms with Crippen LogP contribution < -0.4 is 4.90 Å². The summed E-state index contributed by atoms with van der Waals surface area (Å²) < 4.78 is 0. The Morgan fingerprint density at radius 3 is 2.57 bits per heavy atom. The van der Waals surface area contributed by atoms with E-state index in [1.54, 1.807) is 11.9 Å². The molecule has 156 valence electrons. The second-order valence-corrected chi connectivity index (χ2v) is 9.96. The molecule has 1 atom stereocenters. The number of benzene rings is 2. The van der Waals surface area contributed by atoms with Gasteiger partial charge in [-0.15, -0.1) is 0 Å². The fourth-order valence-electron chi connectivity index (χ4n) is 4.30. The number of fused-ring (bicyclic) bond motifs is 1. The Morgan fingerprint density at radius 2 is 1.87 bits per heavy atom. The van der Waals surface area contributed by atoms with Gasteiger partial charge in [0.25, 0.3) is 5.91 Å². The number of anilines is 1. The molecule has 0 spiro atoms. The van der Waals surface area contributed by atoms with Crippen LogP contribution in [0.3, 0.4) is 0 Å². The number of amidine groups is 1. The molecule has 0 N–H and O–H groups in total. The van der Waals surface area contributed by atoms with Crippen LogP contribution in [0.2, 0.25) is 0 Å². The maximum absolute atomic E-state index is 12.9. The van der Waals surface area contributed by atoms with E-state index in [4.69, 9.17) is 0 Å². The normalized spacial score (nSPS) is 23.4. The van der Waals surface area contributed by atoms with Crippen molar-refractivity contribution in [1.29, 1.82) is 0 Å². The number of hydrogen-bond acceptors (Lipinski definition) is 4. The van der Waals surface area contributed by atoms with Crippen LogP contribution in [0.15, 0.2) is 52.4 Å². The fourth-order valence-corrected chi connectivity index (χ4v) is 5.27. The van der Waals surface area contributed by atoms with E-state index < -0.39 is 0 Å². The molecule has 30 heavy (non-hydrogen) atoms. The van der Waals surface area contributed by atoms with Gasteiger partial charge in [0.05, 0.1) is 10.6 Å². The molecule has 0 radical (unpaired) electrons. The molecule has 2 aromatic rings. The predicted octanol–water partition coefficient (Wildman–Crippen LogP) is 5.95. The number of carbonyl (C=O) groups is 1. The average molecular weight is 420 g/mol. The van der Waals surface area contributed by atoms with Crippen molar-refractivity contribution in [3.63, 3.8) is 0 Å². The van der Waals surface area contributed by atoms with Crippen LogP contribution in [-0.2, 0) is 4.79 Å². The molecular formula is C25H29N3OS. The number of likely N-dealkylation sites (N-methyl/N-ethyl adjacent to an activating group) is 1. The van der Waals surface area contributed by atoms with E-state index in [1.807, 2.05) is 36.4 Å². The van der Waals surface area contributed by atoms with Crippen LogP contribution in [0.4, 0.5) is 11.4 Å². The van der Waals surface area contributed by atoms with E-state index in [-0.39, 0.29) is 11.4 Å². The van der Waals surface area contributed by atoms with Crippen LogP contribution in [0.25, 0.3) is 6.08 Å². The zero-order valence-electron chi connectivity index (χ0n) is 18.6. The first-order chi connectivity index (χ1) is 14.2. The monoisotopic (exact) mass is 419 g/mol. The molecule has 0 aliphatic carbocycles. The van der Waals surface area contributed by atoms with Crippen molar-refractivity contribution in [2.75, 3.05) is 19.0 Å². The Bertz CT molecular complexity index is 1060. The second-order valence-electron chi connectivity index (χ2n) is 8.95. The summed E-state index contributed by atoms with van der Waals surface area (Å²) in [4.78, 5) is 22.2. The van der Waals surface area contributed by atoms with Gasteiger partial charge in [0.2, 0.25) is 0 Å². The largest absolute Gasteiger partial charge is 0.369 e. The number of carbonyl (C=O) groups excluding carboxylic acids is 1. The van der Waals surface area contributed by atoms with Gasteiger partial charge in [-0.3, -0.25) is 9.69 Å². The van der Waals surface area contributed by atoms with Crippen molar-refractivity contribution in [3.8, 4) is 0 Å². The van der Waals surface area contributed by atoms with Crippen LogP contribution in [0.1, 0.15) is 49.8 Å². The third kappa shape index (κ3) is 3.67. The number of aliphatic imine (C=N–C) groups is 1. The Kier molecular flexibility index (Phi) is 5.27. The lowest BCUT2D eigenvalue weighted by molar-refractivity contribution is -0.121. The molecule has 2 aromatic carbocycles. The van der Waals surface area contributed by atoms with Gasteiger partial charge in [-0.25, -0.2) is 4.99 Å². The molecule has 1 saturated heterocycles. The van der Waals surface area contributed by atoms with E-state index in [0.29, 0.717) is 16.0 Å². The summed E-state index contributed by atoms with van der Waals surface area (Å²) in [5, 5.41) is 0.711. The van der Waals surface area contributed by atoms with E-state index in [2.05, 4.69) is 56.8 Å². The van der Waals surface area contributed by atoms with Crippen molar-refractivity contribution in [3.05, 3.63) is 64.1 Å². The molecule has 5 heteroatoms. The summed E-state index contributed by atoms with van der Waals surface area (Å²) in [6.45, 7) is 9.02. The maximum atomic E-state index is 12.9. The van der Waals surface area contributed by atoms with Crippen LogP contribution in [0.5, 0.6) is 0 Å². The maximum Gasteiger partial charge on any atom is 0.266 e. The molecule has 0 aromatic heterocycles. The Balaban J connectivity index is 1.70. The van der Waals surface area contributed by atoms with Gasteiger partial charge in [-0.2, -0.15) is 0 Å². The van der Waals surface area contributed by atoms with Crippen molar-refractivity contribution in [1.82, 2.24) is 4.90 Å². The van der Waals surface area contributed by atoms with Crippen molar-refractivity contribution >= 4 is 40.3 Å². The van der Waals surface area contributed by atoms with Crippen molar-refractivity contribution in [2.24, 2.45) is 4.99 Å². The first-order valence-electron chi connectivity index (χ1n) is 10.4. The van der Waals surface area contributed by atoms with Crippen LogP contribution in [-0.4, -0.2) is 35.6 Å². The van der Waals surface area contributed by atoms with Crippen LogP contribution in [0, 0.1) is 6.92 Å². The lowest BCUT2D eigenvalue weighted by atomic mass is 9.79. The van der Waals surface area contributed by atoms with Crippen molar-refractivity contribution in [2.45, 2.75) is 45.6 Å². The molecule has 1 unspecified atom stereocenters. The summed E-state index contributed by atoms with van der Waals surface area (Å²) in [6, 6.07) is 14.3. The Hall–Kier alpha value is -2.53. The Labute approximate surface area is 183 Å². The second kappa shape index (κ2) is 7.62. The molecule has 0 bridgehead atoms. The summed E-state index contributed by atoms with van der Waals surface area (Å²) >= 11 is 1.44. The van der Waals surface area contributed by atoms with E-state index >= 15 is 0 Å². The van der Waals surface area contributed by atoms with Gasteiger partial charge in [-0.1, -0.05) is 25.1 Å². The van der Waals surface area contributed by atoms with Gasteiger partial charge < -0.3 is 4.90 Å². The van der Waals surface area contributed by atoms with Gasteiger partial charge in [-0.05, 0) is 91.9 Å². The standard InChI is InChI=1S/C25H29N3OS/c1-16-12-21-20(17(2)15-25(3,4)28(21)6)13-18(16)14-22-23(29)27(5)24(30-22)26-19-10-8-7-9-11-19/h7-14,17H,15H2,1-6H3/b22-14+,26-24?. The topological polar surface area (TPSA) is 35.9 Å². The summed E-state index contributed by atoms with van der Waals surface area (Å²) in [5.74, 6) is 0.479. The number of amides is 1. The number of aryl methyl sites for hydroxylation is 1. The number of rotatable bonds is 2. The van der Waals surface area contributed by atoms with Gasteiger partial charge in [0, 0.05) is 25.3 Å². The zero-order chi connectivity index (χ0) is 21.6. The molecule has 0 saturated carbocycles. The van der Waals surface area contributed by atoms with Gasteiger partial charge >= 0.3 is 0 Å². The number of thioether (sulfide) groups is 1. The lowest BCUT2D eigenvalue weighted by Crippen LogP contribution is -2.45. The minimum atomic E-state index is -0.00176. The first-order valence-corrected chi connectivity index (χ1v) is 11.2. The highest BCUT2D eigenvalue weighted by Crippen LogP contribution is 2.44. The average Bonchev–Trinajstić information content (AvgIpc) is 2.96. The van der Waals surface area contributed by atoms with Crippen LogP contribution >= 0.6 is 11.8 Å². The zero-order valence-corrected chi connectivity index (χ0v) is 19.4. The highest BCUT2D eigenvalue weighted by Gasteiger charge is 2.35. The van der Waals surface area contributed by atoms with E-state index in [1.165, 1.54) is 28.6 Å². The molecule has 4 rings (SSSR count). The summed E-state index contributed by atoms with van der Waals surface area (Å²) in [7, 11) is 3.97. The van der Waals surface area contributed by atoms with E-state index in [9.17, 15) is 4.79 Å². The van der Waals surface area contributed by atoms with Crippen molar-refractivity contribution < 1.29 is 4.79 Å². The SMILES string of the molecule is Cc1cc2c(cc1/C=C1/SC(=Nc3ccccc3)N(C)C1=O)C(C)CC(C)(C)N2C. The number of nitrogens with zero attached hydrogens (tertiary/aromatic N) is 3. The number of para-hydroxylation sites is 1. The van der Waals surface area contributed by atoms with Gasteiger partial charge in [0.15, 0.2) is 5.17 Å². The van der Waals surface area contributed by atoms with Gasteiger partial charge in [0.1, 0.15) is 0 Å². The molecule has 1 fully saturated rings. The summed E-state index contributed by atoms with van der Waals surface area (Å²) in [6.07, 6.45) is 3.14. The lowest BCUT2D eigenvalue weighted by Gasteiger charge is -2.45.